The molecular weight excluding hydrogens is 769 g/mol. The first kappa shape index (κ1) is 40.0. The van der Waals surface area contributed by atoms with Gasteiger partial charge in [0, 0.05) is 11.8 Å². The molecule has 0 radical (unpaired) electrons. The number of fused-ring (bicyclic) bond motifs is 2. The Morgan fingerprint density at radius 1 is 0.800 bits per heavy atom. The van der Waals surface area contributed by atoms with Crippen molar-refractivity contribution in [3.63, 3.8) is 0 Å². The highest BCUT2D eigenvalue weighted by Crippen LogP contribution is 2.57. The maximum Gasteiger partial charge on any atom is 0.351 e. The van der Waals surface area contributed by atoms with E-state index in [1.54, 1.807) is 117 Å². The van der Waals surface area contributed by atoms with Crippen LogP contribution >= 0.6 is 0 Å². The van der Waals surface area contributed by atoms with Crippen LogP contribution in [0.3, 0.4) is 0 Å². The van der Waals surface area contributed by atoms with Gasteiger partial charge in [-0.2, -0.15) is 4.98 Å². The highest BCUT2D eigenvalue weighted by Gasteiger charge is 2.72. The molecule has 5 aromatic carbocycles. The summed E-state index contributed by atoms with van der Waals surface area (Å²) >= 11 is 0. The molecule has 14 nitrogen and oxygen atoms in total. The molecule has 4 unspecified atom stereocenters. The number of rotatable bonds is 14. The average Bonchev–Trinajstić information content (AvgIpc) is 3.43. The maximum atomic E-state index is 14.2. The molecule has 8 rings (SSSR count). The summed E-state index contributed by atoms with van der Waals surface area (Å²) in [6, 6.07) is 42.5. The van der Waals surface area contributed by atoms with Gasteiger partial charge in [-0.05, 0) is 71.3 Å². The number of aliphatic hydroxyl groups is 1. The number of benzene rings is 5. The lowest BCUT2D eigenvalue weighted by Crippen LogP contribution is -2.69. The second-order valence-electron chi connectivity index (χ2n) is 14.2. The summed E-state index contributed by atoms with van der Waals surface area (Å²) in [6.07, 6.45) is -2.91. The number of carbonyl (C=O) groups excluding carboxylic acids is 2. The fourth-order valence-corrected chi connectivity index (χ4v) is 7.73. The summed E-state index contributed by atoms with van der Waals surface area (Å²) < 4.78 is 32.4. The number of hydroxylamine groups is 2. The predicted octanol–water partition coefficient (Wildman–Crippen LogP) is 5.52. The number of methoxy groups -OCH3 is 2. The topological polar surface area (TPSA) is 160 Å². The quantitative estimate of drug-likeness (QED) is 0.143. The number of aliphatic hydroxyl groups excluding tert-OH is 1. The zero-order valence-corrected chi connectivity index (χ0v) is 32.8. The predicted molar refractivity (Wildman–Crippen MR) is 218 cm³/mol. The summed E-state index contributed by atoms with van der Waals surface area (Å²) in [6.45, 7) is -0.790. The van der Waals surface area contributed by atoms with E-state index in [2.05, 4.69) is 10.3 Å². The highest BCUT2D eigenvalue weighted by atomic mass is 16.7. The molecule has 2 bridgehead atoms. The van der Waals surface area contributed by atoms with Crippen LogP contribution in [0.4, 0.5) is 5.82 Å². The van der Waals surface area contributed by atoms with Gasteiger partial charge in [0.1, 0.15) is 29.2 Å². The van der Waals surface area contributed by atoms with E-state index in [0.29, 0.717) is 33.9 Å². The number of nitrogens with one attached hydrogen (secondary N) is 1. The van der Waals surface area contributed by atoms with Gasteiger partial charge in [-0.3, -0.25) is 19.0 Å². The third kappa shape index (κ3) is 7.60. The molecule has 3 heterocycles. The molecular formula is C46H42N4O10. The zero-order valence-electron chi connectivity index (χ0n) is 32.8. The van der Waals surface area contributed by atoms with Gasteiger partial charge in [-0.15, -0.1) is 0 Å². The van der Waals surface area contributed by atoms with E-state index in [1.807, 2.05) is 36.4 Å². The molecule has 0 aliphatic carbocycles. The molecule has 1 aromatic heterocycles. The van der Waals surface area contributed by atoms with Crippen LogP contribution in [-0.4, -0.2) is 76.7 Å². The van der Waals surface area contributed by atoms with Crippen molar-refractivity contribution in [3.8, 4) is 17.2 Å². The van der Waals surface area contributed by atoms with E-state index in [4.69, 9.17) is 28.5 Å². The van der Waals surface area contributed by atoms with Crippen molar-refractivity contribution in [2.24, 2.45) is 0 Å². The SMILES string of the molecule is COc1ccc(C(OCc2ccccc2)(c2ccc(OC)cc2)C23CN(C(=O)COc4ccccc4)OC(C(n4ccc(NC(=O)c5ccccc5)nc4=O)O2)C3O)cc1. The number of ether oxygens (including phenoxy) is 5. The molecule has 2 aliphatic heterocycles. The Morgan fingerprint density at radius 2 is 1.38 bits per heavy atom. The molecule has 306 valence electrons. The van der Waals surface area contributed by atoms with Crippen LogP contribution < -0.4 is 25.2 Å². The Morgan fingerprint density at radius 3 is 1.97 bits per heavy atom. The van der Waals surface area contributed by atoms with Crippen molar-refractivity contribution >= 4 is 17.6 Å². The molecule has 2 fully saturated rings. The smallest absolute Gasteiger partial charge is 0.351 e. The normalized spacial score (nSPS) is 19.6. The first-order valence-electron chi connectivity index (χ1n) is 19.2. The standard InChI is InChI=1S/C46H42N4O10/c1-55-35-22-18-33(19-23-35)46(34-20-24-36(56-2)25-21-34,58-28-31-12-6-3-7-13-31)45-30-50(39(51)29-57-37-16-10-5-11-17-37)60-40(41(45)52)43(59-45)49-27-26-38(48-44(49)54)47-42(53)32-14-8-4-9-15-32/h3-27,40-41,43,52H,28-30H2,1-2H3,(H,47,48,53,54). The Bertz CT molecular complexity index is 2420. The fourth-order valence-electron chi connectivity index (χ4n) is 7.73. The minimum Gasteiger partial charge on any atom is -0.497 e. The summed E-state index contributed by atoms with van der Waals surface area (Å²) in [4.78, 5) is 51.6. The van der Waals surface area contributed by atoms with Gasteiger partial charge in [0.2, 0.25) is 0 Å². The molecule has 0 spiro atoms. The van der Waals surface area contributed by atoms with Crippen LogP contribution in [0.2, 0.25) is 0 Å². The minimum atomic E-state index is -1.90. The molecule has 6 aromatic rings. The lowest BCUT2D eigenvalue weighted by molar-refractivity contribution is -0.289. The van der Waals surface area contributed by atoms with Crippen molar-refractivity contribution in [3.05, 3.63) is 185 Å². The van der Waals surface area contributed by atoms with Crippen LogP contribution in [0, 0.1) is 0 Å². The van der Waals surface area contributed by atoms with Gasteiger partial charge in [0.05, 0.1) is 27.4 Å². The second-order valence-corrected chi connectivity index (χ2v) is 14.2. The van der Waals surface area contributed by atoms with Gasteiger partial charge in [0.15, 0.2) is 30.1 Å². The Balaban J connectivity index is 1.27. The van der Waals surface area contributed by atoms with Crippen molar-refractivity contribution in [1.29, 1.82) is 0 Å². The number of para-hydroxylation sites is 1. The maximum absolute atomic E-state index is 14.2. The lowest BCUT2D eigenvalue weighted by Gasteiger charge is -2.52. The first-order valence-corrected chi connectivity index (χ1v) is 19.2. The molecule has 2 N–H and O–H groups in total. The van der Waals surface area contributed by atoms with E-state index in [0.717, 1.165) is 15.2 Å². The molecule has 60 heavy (non-hydrogen) atoms. The van der Waals surface area contributed by atoms with Gasteiger partial charge in [0.25, 0.3) is 11.8 Å². The third-order valence-electron chi connectivity index (χ3n) is 10.7. The molecule has 2 amide bonds. The van der Waals surface area contributed by atoms with Crippen LogP contribution in [0.1, 0.15) is 33.3 Å². The Labute approximate surface area is 345 Å². The Kier molecular flexibility index (Phi) is 11.4. The van der Waals surface area contributed by atoms with Crippen LogP contribution in [0.25, 0.3) is 0 Å². The van der Waals surface area contributed by atoms with E-state index in [1.165, 1.54) is 12.3 Å². The van der Waals surface area contributed by atoms with E-state index < -0.39 is 60.3 Å². The van der Waals surface area contributed by atoms with Gasteiger partial charge in [-0.25, -0.2) is 9.86 Å². The minimum absolute atomic E-state index is 0.00544. The number of anilines is 1. The van der Waals surface area contributed by atoms with Crippen molar-refractivity contribution in [2.75, 3.05) is 32.7 Å². The number of nitrogens with zero attached hydrogens (tertiary/aromatic N) is 3. The molecule has 2 aliphatic rings. The van der Waals surface area contributed by atoms with Crippen molar-refractivity contribution < 1.29 is 43.2 Å². The number of hydrogen-bond donors (Lipinski definition) is 2. The average molecular weight is 811 g/mol. The third-order valence-corrected chi connectivity index (χ3v) is 10.7. The number of carbonyl (C=O) groups is 2. The summed E-state index contributed by atoms with van der Waals surface area (Å²) in [7, 11) is 3.11. The van der Waals surface area contributed by atoms with Crippen molar-refractivity contribution in [2.45, 2.75) is 36.2 Å². The monoisotopic (exact) mass is 810 g/mol. The van der Waals surface area contributed by atoms with Crippen LogP contribution in [0.5, 0.6) is 17.2 Å². The number of hydrogen-bond acceptors (Lipinski definition) is 11. The number of amides is 2. The fraction of sp³-hybridized carbons (Fsp3) is 0.217. The van der Waals surface area contributed by atoms with Gasteiger partial charge in [-0.1, -0.05) is 91.0 Å². The summed E-state index contributed by atoms with van der Waals surface area (Å²) in [5.74, 6) is 0.529. The van der Waals surface area contributed by atoms with E-state index in [-0.39, 0.29) is 12.4 Å². The zero-order chi connectivity index (χ0) is 41.7. The summed E-state index contributed by atoms with van der Waals surface area (Å²) in [5.41, 5.74) is -2.22. The van der Waals surface area contributed by atoms with E-state index in [9.17, 15) is 19.5 Å². The lowest BCUT2D eigenvalue weighted by atomic mass is 9.68. The molecule has 2 saturated heterocycles. The van der Waals surface area contributed by atoms with Crippen LogP contribution in [0.15, 0.2) is 157 Å². The largest absolute Gasteiger partial charge is 0.497 e. The molecule has 0 saturated carbocycles. The van der Waals surface area contributed by atoms with E-state index >= 15 is 0 Å². The molecule has 4 atom stereocenters. The number of aromatic nitrogens is 2. The molecule has 14 heteroatoms. The van der Waals surface area contributed by atoms with Crippen LogP contribution in [-0.2, 0) is 31.3 Å². The second kappa shape index (κ2) is 17.2. The summed E-state index contributed by atoms with van der Waals surface area (Å²) in [5, 5.41) is 16.6. The van der Waals surface area contributed by atoms with Gasteiger partial charge >= 0.3 is 5.69 Å². The van der Waals surface area contributed by atoms with Gasteiger partial charge < -0.3 is 34.1 Å². The Hall–Kier alpha value is -6.84. The first-order chi connectivity index (χ1) is 29.2. The van der Waals surface area contributed by atoms with Crippen molar-refractivity contribution in [1.82, 2.24) is 14.6 Å². The highest BCUT2D eigenvalue weighted by molar-refractivity contribution is 6.03.